The van der Waals surface area contributed by atoms with E-state index in [9.17, 15) is 4.79 Å². The molecule has 0 fully saturated rings. The number of amides is 1. The maximum Gasteiger partial charge on any atom is 0.224 e. The van der Waals surface area contributed by atoms with Gasteiger partial charge in [0.1, 0.15) is 0 Å². The summed E-state index contributed by atoms with van der Waals surface area (Å²) in [6, 6.07) is 11.9. The first kappa shape index (κ1) is 19.8. The Morgan fingerprint density at radius 1 is 1.00 bits per heavy atom. The standard InChI is InChI=1S/C22H29NO3/c1-6-25-20-11-10-18(13-21(20)26-7-2)17(5)23-22(24)14-19-12-15(3)8-9-16(19)4/h8-13,17H,6-7,14H2,1-5H3,(H,23,24). The van der Waals surface area contributed by atoms with Crippen LogP contribution in [0.5, 0.6) is 11.5 Å². The van der Waals surface area contributed by atoms with E-state index in [0.717, 1.165) is 22.4 Å². The molecular formula is C22H29NO3. The minimum atomic E-state index is -0.109. The Morgan fingerprint density at radius 2 is 1.69 bits per heavy atom. The molecule has 2 aromatic carbocycles. The fourth-order valence-corrected chi connectivity index (χ4v) is 2.88. The Balaban J connectivity index is 2.08. The van der Waals surface area contributed by atoms with Crippen LogP contribution in [0.15, 0.2) is 36.4 Å². The highest BCUT2D eigenvalue weighted by Crippen LogP contribution is 2.30. The van der Waals surface area contributed by atoms with E-state index < -0.39 is 0 Å². The summed E-state index contributed by atoms with van der Waals surface area (Å²) in [7, 11) is 0. The van der Waals surface area contributed by atoms with Gasteiger partial charge >= 0.3 is 0 Å². The van der Waals surface area contributed by atoms with Crippen molar-refractivity contribution < 1.29 is 14.3 Å². The lowest BCUT2D eigenvalue weighted by Crippen LogP contribution is -2.28. The lowest BCUT2D eigenvalue weighted by molar-refractivity contribution is -0.121. The van der Waals surface area contributed by atoms with E-state index in [1.165, 1.54) is 5.56 Å². The van der Waals surface area contributed by atoms with Gasteiger partial charge in [0.25, 0.3) is 0 Å². The molecule has 0 heterocycles. The molecule has 2 aromatic rings. The van der Waals surface area contributed by atoms with Crippen LogP contribution >= 0.6 is 0 Å². The summed E-state index contributed by atoms with van der Waals surface area (Å²) in [4.78, 5) is 12.5. The van der Waals surface area contributed by atoms with Gasteiger partial charge in [-0.25, -0.2) is 0 Å². The highest BCUT2D eigenvalue weighted by atomic mass is 16.5. The van der Waals surface area contributed by atoms with Gasteiger partial charge in [-0.05, 0) is 63.4 Å². The van der Waals surface area contributed by atoms with Gasteiger partial charge in [-0.15, -0.1) is 0 Å². The molecule has 0 aliphatic heterocycles. The topological polar surface area (TPSA) is 47.6 Å². The molecule has 0 saturated carbocycles. The summed E-state index contributed by atoms with van der Waals surface area (Å²) in [6.45, 7) is 11.1. The van der Waals surface area contributed by atoms with E-state index in [4.69, 9.17) is 9.47 Å². The maximum atomic E-state index is 12.5. The average molecular weight is 355 g/mol. The quantitative estimate of drug-likeness (QED) is 0.757. The van der Waals surface area contributed by atoms with Crippen LogP contribution in [-0.2, 0) is 11.2 Å². The first-order valence-electron chi connectivity index (χ1n) is 9.19. The smallest absolute Gasteiger partial charge is 0.224 e. The number of benzene rings is 2. The molecule has 0 radical (unpaired) electrons. The Labute approximate surface area is 156 Å². The van der Waals surface area contributed by atoms with Crippen LogP contribution in [-0.4, -0.2) is 19.1 Å². The minimum absolute atomic E-state index is 0.0121. The molecule has 1 unspecified atom stereocenters. The van der Waals surface area contributed by atoms with Crippen molar-refractivity contribution in [1.29, 1.82) is 0 Å². The van der Waals surface area contributed by atoms with Gasteiger partial charge in [0.15, 0.2) is 11.5 Å². The Bertz CT molecular complexity index is 755. The van der Waals surface area contributed by atoms with E-state index in [2.05, 4.69) is 23.5 Å². The minimum Gasteiger partial charge on any atom is -0.490 e. The molecule has 1 amide bonds. The first-order chi connectivity index (χ1) is 12.4. The summed E-state index contributed by atoms with van der Waals surface area (Å²) >= 11 is 0. The van der Waals surface area contributed by atoms with Gasteiger partial charge in [-0.1, -0.05) is 29.8 Å². The highest BCUT2D eigenvalue weighted by molar-refractivity contribution is 5.79. The fourth-order valence-electron chi connectivity index (χ4n) is 2.88. The molecule has 4 heteroatoms. The number of ether oxygens (including phenoxy) is 2. The average Bonchev–Trinajstić information content (AvgIpc) is 2.60. The van der Waals surface area contributed by atoms with Crippen LogP contribution in [0.4, 0.5) is 0 Å². The van der Waals surface area contributed by atoms with Gasteiger partial charge in [0, 0.05) is 0 Å². The van der Waals surface area contributed by atoms with Crippen molar-refractivity contribution in [3.05, 3.63) is 58.7 Å². The lowest BCUT2D eigenvalue weighted by atomic mass is 10.0. The SMILES string of the molecule is CCOc1ccc(C(C)NC(=O)Cc2cc(C)ccc2C)cc1OCC. The summed E-state index contributed by atoms with van der Waals surface area (Å²) in [5.41, 5.74) is 4.36. The monoisotopic (exact) mass is 355 g/mol. The molecule has 0 spiro atoms. The predicted octanol–water partition coefficient (Wildman–Crippen LogP) is 4.52. The van der Waals surface area contributed by atoms with Crippen molar-refractivity contribution in [1.82, 2.24) is 5.32 Å². The normalized spacial score (nSPS) is 11.7. The van der Waals surface area contributed by atoms with Crippen molar-refractivity contribution in [2.45, 2.75) is 47.1 Å². The molecule has 0 saturated heterocycles. The largest absolute Gasteiger partial charge is 0.490 e. The van der Waals surface area contributed by atoms with Crippen molar-refractivity contribution in [3.8, 4) is 11.5 Å². The summed E-state index contributed by atoms with van der Waals surface area (Å²) in [5.74, 6) is 1.45. The van der Waals surface area contributed by atoms with Crippen LogP contribution in [0.2, 0.25) is 0 Å². The molecule has 1 N–H and O–H groups in total. The van der Waals surface area contributed by atoms with Crippen molar-refractivity contribution in [3.63, 3.8) is 0 Å². The molecule has 26 heavy (non-hydrogen) atoms. The molecule has 2 rings (SSSR count). The van der Waals surface area contributed by atoms with Gasteiger partial charge in [-0.2, -0.15) is 0 Å². The van der Waals surface area contributed by atoms with Crippen molar-refractivity contribution in [2.75, 3.05) is 13.2 Å². The van der Waals surface area contributed by atoms with Gasteiger partial charge in [0.2, 0.25) is 5.91 Å². The van der Waals surface area contributed by atoms with E-state index in [0.29, 0.717) is 25.4 Å². The van der Waals surface area contributed by atoms with Crippen LogP contribution in [0, 0.1) is 13.8 Å². The Hall–Kier alpha value is -2.49. The first-order valence-corrected chi connectivity index (χ1v) is 9.19. The molecule has 140 valence electrons. The zero-order valence-electron chi connectivity index (χ0n) is 16.4. The zero-order valence-corrected chi connectivity index (χ0v) is 16.4. The van der Waals surface area contributed by atoms with Gasteiger partial charge < -0.3 is 14.8 Å². The van der Waals surface area contributed by atoms with E-state index in [1.807, 2.05) is 52.8 Å². The second kappa shape index (κ2) is 9.27. The van der Waals surface area contributed by atoms with Crippen LogP contribution < -0.4 is 14.8 Å². The zero-order chi connectivity index (χ0) is 19.1. The molecule has 0 aliphatic rings. The Morgan fingerprint density at radius 3 is 2.38 bits per heavy atom. The second-order valence-electron chi connectivity index (χ2n) is 6.47. The van der Waals surface area contributed by atoms with Crippen LogP contribution in [0.1, 0.15) is 49.1 Å². The summed E-state index contributed by atoms with van der Waals surface area (Å²) in [5, 5.41) is 3.08. The lowest BCUT2D eigenvalue weighted by Gasteiger charge is -2.18. The van der Waals surface area contributed by atoms with E-state index in [1.54, 1.807) is 0 Å². The van der Waals surface area contributed by atoms with Crippen LogP contribution in [0.3, 0.4) is 0 Å². The van der Waals surface area contributed by atoms with Crippen LogP contribution in [0.25, 0.3) is 0 Å². The third kappa shape index (κ3) is 5.25. The Kier molecular flexibility index (Phi) is 7.07. The summed E-state index contributed by atoms with van der Waals surface area (Å²) < 4.78 is 11.3. The number of nitrogens with one attached hydrogen (secondary N) is 1. The number of carbonyl (C=O) groups is 1. The highest BCUT2D eigenvalue weighted by Gasteiger charge is 2.14. The van der Waals surface area contributed by atoms with Crippen molar-refractivity contribution in [2.24, 2.45) is 0 Å². The van der Waals surface area contributed by atoms with Gasteiger partial charge in [-0.3, -0.25) is 4.79 Å². The fraction of sp³-hybridized carbons (Fsp3) is 0.409. The van der Waals surface area contributed by atoms with E-state index >= 15 is 0 Å². The molecule has 0 bridgehead atoms. The molecule has 0 aliphatic carbocycles. The number of carbonyl (C=O) groups excluding carboxylic acids is 1. The predicted molar refractivity (Wildman–Crippen MR) is 105 cm³/mol. The number of aryl methyl sites for hydroxylation is 2. The third-order valence-electron chi connectivity index (χ3n) is 4.30. The van der Waals surface area contributed by atoms with Crippen molar-refractivity contribution >= 4 is 5.91 Å². The molecular weight excluding hydrogens is 326 g/mol. The molecule has 1 atom stereocenters. The summed E-state index contributed by atoms with van der Waals surface area (Å²) in [6.07, 6.45) is 0.382. The molecule has 0 aromatic heterocycles. The third-order valence-corrected chi connectivity index (χ3v) is 4.30. The molecule has 4 nitrogen and oxygen atoms in total. The second-order valence-corrected chi connectivity index (χ2v) is 6.47. The van der Waals surface area contributed by atoms with Gasteiger partial charge in [0.05, 0.1) is 25.7 Å². The number of rotatable bonds is 8. The number of hydrogen-bond donors (Lipinski definition) is 1. The van der Waals surface area contributed by atoms with E-state index in [-0.39, 0.29) is 11.9 Å². The number of hydrogen-bond acceptors (Lipinski definition) is 3. The maximum absolute atomic E-state index is 12.5.